The molecule has 1 N–H and O–H groups in total. The second kappa shape index (κ2) is 5.49. The lowest BCUT2D eigenvalue weighted by Crippen LogP contribution is -2.45. The van der Waals surface area contributed by atoms with Crippen molar-refractivity contribution in [2.75, 3.05) is 13.2 Å². The molecule has 1 atom stereocenters. The topological polar surface area (TPSA) is 38.7 Å². The molecule has 23 heavy (non-hydrogen) atoms. The highest BCUT2D eigenvalue weighted by Gasteiger charge is 2.45. The molecule has 1 unspecified atom stereocenters. The van der Waals surface area contributed by atoms with E-state index in [4.69, 9.17) is 9.16 Å². The van der Waals surface area contributed by atoms with E-state index in [0.29, 0.717) is 0 Å². The van der Waals surface area contributed by atoms with E-state index in [1.165, 1.54) is 6.07 Å². The van der Waals surface area contributed by atoms with Crippen molar-refractivity contribution >= 4 is 8.32 Å². The van der Waals surface area contributed by atoms with Crippen LogP contribution in [-0.4, -0.2) is 26.6 Å². The Bertz CT molecular complexity index is 593. The fourth-order valence-electron chi connectivity index (χ4n) is 2.11. The fraction of sp³-hybridized carbons (Fsp3) is 0.625. The summed E-state index contributed by atoms with van der Waals surface area (Å²) in [5.74, 6) is 0.277. The van der Waals surface area contributed by atoms with Crippen LogP contribution in [-0.2, 0) is 16.2 Å². The number of halogens is 3. The lowest BCUT2D eigenvalue weighted by Gasteiger charge is -2.38. The summed E-state index contributed by atoms with van der Waals surface area (Å²) in [6, 6.07) is 3.17. The Morgan fingerprint density at radius 1 is 1.26 bits per heavy atom. The highest BCUT2D eigenvalue weighted by molar-refractivity contribution is 6.74. The molecule has 0 radical (unpaired) electrons. The molecular formula is C16H23F3O3Si. The lowest BCUT2D eigenvalue weighted by atomic mass is 9.95. The Morgan fingerprint density at radius 3 is 2.39 bits per heavy atom. The van der Waals surface area contributed by atoms with Crippen LogP contribution in [0.15, 0.2) is 18.2 Å². The van der Waals surface area contributed by atoms with Crippen molar-refractivity contribution in [1.29, 1.82) is 0 Å². The van der Waals surface area contributed by atoms with E-state index in [1.54, 1.807) is 0 Å². The van der Waals surface area contributed by atoms with E-state index in [0.717, 1.165) is 12.1 Å². The number of hydrogen-bond donors (Lipinski definition) is 1. The maximum Gasteiger partial charge on any atom is 0.416 e. The first-order chi connectivity index (χ1) is 10.3. The summed E-state index contributed by atoms with van der Waals surface area (Å²) < 4.78 is 50.0. The number of rotatable bonds is 3. The maximum absolute atomic E-state index is 12.9. The molecule has 130 valence electrons. The predicted octanol–water partition coefficient (Wildman–Crippen LogP) is 4.31. The largest absolute Gasteiger partial charge is 0.490 e. The molecule has 1 aromatic rings. The first-order valence-corrected chi connectivity index (χ1v) is 10.4. The SMILES string of the molecule is CC(C)(C)[Si](C)(C)OCC1(O)COc2ccc(C(F)(F)F)cc21. The minimum atomic E-state index is -4.46. The molecule has 1 aliphatic rings. The quantitative estimate of drug-likeness (QED) is 0.828. The van der Waals surface area contributed by atoms with Crippen LogP contribution in [0.3, 0.4) is 0 Å². The first kappa shape index (κ1) is 18.3. The molecule has 3 nitrogen and oxygen atoms in total. The normalized spacial score (nSPS) is 22.0. The zero-order valence-electron chi connectivity index (χ0n) is 14.0. The second-order valence-electron chi connectivity index (χ2n) is 7.58. The van der Waals surface area contributed by atoms with Gasteiger partial charge in [-0.1, -0.05) is 20.8 Å². The molecule has 0 aliphatic carbocycles. The average molecular weight is 348 g/mol. The summed E-state index contributed by atoms with van der Waals surface area (Å²) in [5.41, 5.74) is -2.20. The molecule has 0 bridgehead atoms. The molecule has 1 aromatic carbocycles. The molecule has 0 aromatic heterocycles. The molecule has 0 spiro atoms. The van der Waals surface area contributed by atoms with Crippen LogP contribution in [0.4, 0.5) is 13.2 Å². The zero-order chi connectivity index (χ0) is 17.7. The van der Waals surface area contributed by atoms with Gasteiger partial charge in [0.1, 0.15) is 18.0 Å². The van der Waals surface area contributed by atoms with Crippen molar-refractivity contribution in [3.63, 3.8) is 0 Å². The van der Waals surface area contributed by atoms with Crippen molar-refractivity contribution in [2.24, 2.45) is 0 Å². The summed E-state index contributed by atoms with van der Waals surface area (Å²) in [6.07, 6.45) is -4.46. The first-order valence-electron chi connectivity index (χ1n) is 7.47. The summed E-state index contributed by atoms with van der Waals surface area (Å²) in [7, 11) is -2.13. The van der Waals surface area contributed by atoms with E-state index in [-0.39, 0.29) is 29.6 Å². The Hall–Kier alpha value is -1.05. The lowest BCUT2D eigenvalue weighted by molar-refractivity contribution is -0.137. The van der Waals surface area contributed by atoms with Crippen LogP contribution in [0.1, 0.15) is 31.9 Å². The van der Waals surface area contributed by atoms with E-state index in [2.05, 4.69) is 20.8 Å². The summed E-state index contributed by atoms with van der Waals surface area (Å²) >= 11 is 0. The Balaban J connectivity index is 2.27. The van der Waals surface area contributed by atoms with Crippen LogP contribution < -0.4 is 4.74 Å². The van der Waals surface area contributed by atoms with Gasteiger partial charge in [0, 0.05) is 5.56 Å². The molecule has 1 aliphatic heterocycles. The van der Waals surface area contributed by atoms with E-state index in [9.17, 15) is 18.3 Å². The average Bonchev–Trinajstić information content (AvgIpc) is 2.72. The van der Waals surface area contributed by atoms with Crippen LogP contribution >= 0.6 is 0 Å². The number of aliphatic hydroxyl groups is 1. The number of hydrogen-bond acceptors (Lipinski definition) is 3. The van der Waals surface area contributed by atoms with Gasteiger partial charge in [-0.25, -0.2) is 0 Å². The van der Waals surface area contributed by atoms with Crippen molar-refractivity contribution in [3.8, 4) is 5.75 Å². The van der Waals surface area contributed by atoms with Gasteiger partial charge in [-0.3, -0.25) is 0 Å². The number of alkyl halides is 3. The van der Waals surface area contributed by atoms with Gasteiger partial charge in [-0.2, -0.15) is 13.2 Å². The van der Waals surface area contributed by atoms with Crippen molar-refractivity contribution < 1.29 is 27.4 Å². The van der Waals surface area contributed by atoms with Gasteiger partial charge in [0.15, 0.2) is 8.32 Å². The van der Waals surface area contributed by atoms with Gasteiger partial charge in [0.2, 0.25) is 0 Å². The van der Waals surface area contributed by atoms with Gasteiger partial charge in [0.05, 0.1) is 12.2 Å². The standard InChI is InChI=1S/C16H23F3O3Si/c1-14(2,3)23(4,5)22-10-15(20)9-21-13-7-6-11(8-12(13)15)16(17,18)19/h6-8,20H,9-10H2,1-5H3. The summed E-state index contributed by atoms with van der Waals surface area (Å²) in [4.78, 5) is 0. The molecular weight excluding hydrogens is 325 g/mol. The molecule has 7 heteroatoms. The van der Waals surface area contributed by atoms with Gasteiger partial charge >= 0.3 is 6.18 Å². The highest BCUT2D eigenvalue weighted by Crippen LogP contribution is 2.43. The Labute approximate surface area is 135 Å². The fourth-order valence-corrected chi connectivity index (χ4v) is 3.14. The monoisotopic (exact) mass is 348 g/mol. The Kier molecular flexibility index (Phi) is 4.37. The minimum Gasteiger partial charge on any atom is -0.490 e. The molecule has 2 rings (SSSR count). The number of benzene rings is 1. The third kappa shape index (κ3) is 3.56. The van der Waals surface area contributed by atoms with Crippen LogP contribution in [0.5, 0.6) is 5.75 Å². The van der Waals surface area contributed by atoms with Gasteiger partial charge in [0.25, 0.3) is 0 Å². The number of fused-ring (bicyclic) bond motifs is 1. The van der Waals surface area contributed by atoms with Gasteiger partial charge < -0.3 is 14.3 Å². The third-order valence-electron chi connectivity index (χ3n) is 4.75. The van der Waals surface area contributed by atoms with Crippen molar-refractivity contribution in [1.82, 2.24) is 0 Å². The van der Waals surface area contributed by atoms with Crippen molar-refractivity contribution in [3.05, 3.63) is 29.3 Å². The maximum atomic E-state index is 12.9. The van der Waals surface area contributed by atoms with E-state index >= 15 is 0 Å². The second-order valence-corrected chi connectivity index (χ2v) is 12.4. The minimum absolute atomic E-state index is 0.0561. The summed E-state index contributed by atoms with van der Waals surface area (Å²) in [6.45, 7) is 10.1. The van der Waals surface area contributed by atoms with Crippen molar-refractivity contribution in [2.45, 2.75) is 50.7 Å². The Morgan fingerprint density at radius 2 is 1.87 bits per heavy atom. The molecule has 0 fully saturated rings. The van der Waals surface area contributed by atoms with Gasteiger partial charge in [-0.15, -0.1) is 0 Å². The van der Waals surface area contributed by atoms with Crippen LogP contribution in [0, 0.1) is 0 Å². The molecule has 0 saturated heterocycles. The predicted molar refractivity (Wildman–Crippen MR) is 84.0 cm³/mol. The van der Waals surface area contributed by atoms with E-state index in [1.807, 2.05) is 13.1 Å². The van der Waals surface area contributed by atoms with Crippen LogP contribution in [0.2, 0.25) is 18.1 Å². The van der Waals surface area contributed by atoms with E-state index < -0.39 is 25.7 Å². The zero-order valence-corrected chi connectivity index (χ0v) is 15.0. The molecule has 0 saturated carbocycles. The molecule has 1 heterocycles. The van der Waals surface area contributed by atoms with Gasteiger partial charge in [-0.05, 0) is 36.3 Å². The third-order valence-corrected chi connectivity index (χ3v) is 9.23. The highest BCUT2D eigenvalue weighted by atomic mass is 28.4. The summed E-state index contributed by atoms with van der Waals surface area (Å²) in [5, 5.41) is 10.7. The van der Waals surface area contributed by atoms with Crippen LogP contribution in [0.25, 0.3) is 0 Å². The number of ether oxygens (including phenoxy) is 1. The smallest absolute Gasteiger partial charge is 0.416 e. The molecule has 0 amide bonds.